The predicted octanol–water partition coefficient (Wildman–Crippen LogP) is 4.02. The number of hydrogen-bond acceptors (Lipinski definition) is 4. The van der Waals surface area contributed by atoms with E-state index in [1.54, 1.807) is 12.1 Å². The van der Waals surface area contributed by atoms with Crippen LogP contribution < -0.4 is 9.62 Å². The van der Waals surface area contributed by atoms with Crippen LogP contribution in [0.25, 0.3) is 0 Å². The monoisotopic (exact) mass is 276 g/mol. The average Bonchev–Trinajstić information content (AvgIpc) is 3.25. The Labute approximate surface area is 113 Å². The molecule has 0 radical (unpaired) electrons. The summed E-state index contributed by atoms with van der Waals surface area (Å²) in [5, 5.41) is 9.06. The highest BCUT2D eigenvalue weighted by atomic mass is 35.5. The molecule has 0 aliphatic carbocycles. The van der Waals surface area contributed by atoms with E-state index in [0.29, 0.717) is 17.4 Å². The van der Waals surface area contributed by atoms with Crippen molar-refractivity contribution in [1.29, 1.82) is 0 Å². The molecule has 104 valence electrons. The molecule has 0 aromatic heterocycles. The lowest BCUT2D eigenvalue weighted by Gasteiger charge is -2.07. The minimum absolute atomic E-state index is 0.153. The first-order chi connectivity index (χ1) is 8.79. The molecule has 1 heterocycles. The molecule has 1 aromatic rings. The van der Waals surface area contributed by atoms with Crippen LogP contribution in [0.5, 0.6) is 11.5 Å². The third kappa shape index (κ3) is 6.10. The van der Waals surface area contributed by atoms with E-state index >= 15 is 0 Å². The Morgan fingerprint density at radius 2 is 1.89 bits per heavy atom. The zero-order valence-electron chi connectivity index (χ0n) is 11.3. The van der Waals surface area contributed by atoms with Crippen LogP contribution in [0.15, 0.2) is 18.2 Å². The van der Waals surface area contributed by atoms with Gasteiger partial charge in [-0.15, -0.1) is 0 Å². The second-order valence-corrected chi connectivity index (χ2v) is 3.39. The summed E-state index contributed by atoms with van der Waals surface area (Å²) in [6.07, 6.45) is 0.153. The molecule has 1 aliphatic heterocycles. The van der Waals surface area contributed by atoms with Crippen molar-refractivity contribution >= 4 is 11.6 Å². The molecular weight excluding hydrogens is 256 g/mol. The predicted molar refractivity (Wildman–Crippen MR) is 72.6 cm³/mol. The summed E-state index contributed by atoms with van der Waals surface area (Å²) in [5.41, 5.74) is 0. The molecule has 0 amide bonds. The van der Waals surface area contributed by atoms with Gasteiger partial charge in [0.15, 0.2) is 5.75 Å². The molecule has 1 fully saturated rings. The van der Waals surface area contributed by atoms with Gasteiger partial charge in [0.25, 0.3) is 0 Å². The summed E-state index contributed by atoms with van der Waals surface area (Å²) in [5.74, 6) is 0.658. The summed E-state index contributed by atoms with van der Waals surface area (Å²) >= 11 is 5.76. The maximum absolute atomic E-state index is 8.54. The van der Waals surface area contributed by atoms with Crippen molar-refractivity contribution < 1.29 is 19.6 Å². The molecule has 0 bridgehead atoms. The highest BCUT2D eigenvalue weighted by molar-refractivity contribution is 6.30. The third-order valence-corrected chi connectivity index (χ3v) is 2.07. The fourth-order valence-electron chi connectivity index (χ4n) is 1.02. The first-order valence-corrected chi connectivity index (χ1v) is 6.53. The van der Waals surface area contributed by atoms with Crippen LogP contribution in [0, 0.1) is 0 Å². The molecule has 2 rings (SSSR count). The molecular formula is C13H21ClO4. The van der Waals surface area contributed by atoms with Crippen molar-refractivity contribution in [3.05, 3.63) is 23.2 Å². The quantitative estimate of drug-likeness (QED) is 0.513. The smallest absolute Gasteiger partial charge is 0.206 e. The van der Waals surface area contributed by atoms with Gasteiger partial charge in [-0.3, -0.25) is 0 Å². The van der Waals surface area contributed by atoms with Gasteiger partial charge in [-0.1, -0.05) is 39.3 Å². The van der Waals surface area contributed by atoms with E-state index in [1.165, 1.54) is 6.07 Å². The van der Waals surface area contributed by atoms with Crippen LogP contribution in [-0.2, 0) is 4.74 Å². The van der Waals surface area contributed by atoms with Gasteiger partial charge in [0, 0.05) is 11.1 Å². The highest BCUT2D eigenvalue weighted by Crippen LogP contribution is 2.30. The lowest BCUT2D eigenvalue weighted by molar-refractivity contribution is -0.139. The van der Waals surface area contributed by atoms with E-state index < -0.39 is 0 Å². The van der Waals surface area contributed by atoms with Crippen molar-refractivity contribution in [2.45, 2.75) is 33.8 Å². The van der Waals surface area contributed by atoms with Gasteiger partial charge in [-0.2, -0.15) is 0 Å². The fraction of sp³-hybridized carbons (Fsp3) is 0.538. The van der Waals surface area contributed by atoms with Crippen molar-refractivity contribution in [2.75, 3.05) is 13.2 Å². The van der Waals surface area contributed by atoms with Crippen LogP contribution in [0.4, 0.5) is 0 Å². The average molecular weight is 277 g/mol. The minimum atomic E-state index is 0.153. The summed E-state index contributed by atoms with van der Waals surface area (Å²) < 4.78 is 10.3. The number of rotatable bonds is 4. The summed E-state index contributed by atoms with van der Waals surface area (Å²) in [7, 11) is 0. The standard InChI is InChI=1S/C9H9ClO4.2C2H6/c10-6-1-2-8(14-11)9(3-6)13-5-7-4-12-7;2*1-2/h1-3,7,11H,4-5H2;2*1-2H3/t7-;;/m1../s1. The first-order valence-electron chi connectivity index (χ1n) is 6.15. The van der Waals surface area contributed by atoms with Gasteiger partial charge < -0.3 is 14.4 Å². The number of halogens is 1. The fourth-order valence-corrected chi connectivity index (χ4v) is 1.18. The number of epoxide rings is 1. The molecule has 4 nitrogen and oxygen atoms in total. The van der Waals surface area contributed by atoms with E-state index in [9.17, 15) is 0 Å². The first kappa shape index (κ1) is 17.0. The Balaban J connectivity index is 0.000000659. The van der Waals surface area contributed by atoms with Gasteiger partial charge >= 0.3 is 0 Å². The summed E-state index contributed by atoms with van der Waals surface area (Å²) in [4.78, 5) is 4.13. The Hall–Kier alpha value is -0.970. The van der Waals surface area contributed by atoms with Crippen LogP contribution in [0.1, 0.15) is 27.7 Å². The van der Waals surface area contributed by atoms with Gasteiger partial charge in [0.05, 0.1) is 6.61 Å². The van der Waals surface area contributed by atoms with E-state index in [-0.39, 0.29) is 11.9 Å². The second kappa shape index (κ2) is 10.00. The zero-order valence-corrected chi connectivity index (χ0v) is 12.0. The topological polar surface area (TPSA) is 51.2 Å². The Morgan fingerprint density at radius 1 is 1.28 bits per heavy atom. The van der Waals surface area contributed by atoms with E-state index in [1.807, 2.05) is 27.7 Å². The lowest BCUT2D eigenvalue weighted by atomic mass is 10.3. The van der Waals surface area contributed by atoms with E-state index in [2.05, 4.69) is 4.89 Å². The van der Waals surface area contributed by atoms with Gasteiger partial charge in [0.2, 0.25) is 5.75 Å². The largest absolute Gasteiger partial charge is 0.487 e. The van der Waals surface area contributed by atoms with Crippen LogP contribution in [0.2, 0.25) is 5.02 Å². The molecule has 1 atom stereocenters. The molecule has 1 N–H and O–H groups in total. The molecule has 0 unspecified atom stereocenters. The lowest BCUT2D eigenvalue weighted by Crippen LogP contribution is -2.05. The molecule has 1 saturated heterocycles. The van der Waals surface area contributed by atoms with Gasteiger partial charge in [-0.25, -0.2) is 5.26 Å². The van der Waals surface area contributed by atoms with Crippen molar-refractivity contribution in [1.82, 2.24) is 0 Å². The van der Waals surface area contributed by atoms with Crippen molar-refractivity contribution in [3.63, 3.8) is 0 Å². The SMILES string of the molecule is CC.CC.OOc1ccc(Cl)cc1OC[C@H]1CO1. The number of benzene rings is 1. The molecule has 1 aromatic carbocycles. The Bertz CT molecular complexity index is 327. The summed E-state index contributed by atoms with van der Waals surface area (Å²) in [6.45, 7) is 9.16. The van der Waals surface area contributed by atoms with Crippen LogP contribution in [0.3, 0.4) is 0 Å². The summed E-state index contributed by atoms with van der Waals surface area (Å²) in [6, 6.07) is 4.72. The highest BCUT2D eigenvalue weighted by Gasteiger charge is 2.23. The zero-order chi connectivity index (χ0) is 14.0. The van der Waals surface area contributed by atoms with Crippen molar-refractivity contribution in [2.24, 2.45) is 0 Å². The molecule has 18 heavy (non-hydrogen) atoms. The maximum Gasteiger partial charge on any atom is 0.206 e. The molecule has 0 saturated carbocycles. The van der Waals surface area contributed by atoms with Crippen LogP contribution >= 0.6 is 11.6 Å². The van der Waals surface area contributed by atoms with E-state index in [4.69, 9.17) is 26.3 Å². The molecule has 5 heteroatoms. The number of hydrogen-bond donors (Lipinski definition) is 1. The Kier molecular flexibility index (Phi) is 9.46. The normalized spacial score (nSPS) is 15.6. The Morgan fingerprint density at radius 3 is 2.39 bits per heavy atom. The van der Waals surface area contributed by atoms with Gasteiger partial charge in [0.1, 0.15) is 12.7 Å². The van der Waals surface area contributed by atoms with Gasteiger partial charge in [-0.05, 0) is 12.1 Å². The second-order valence-electron chi connectivity index (χ2n) is 2.95. The third-order valence-electron chi connectivity index (χ3n) is 1.83. The molecule has 1 aliphatic rings. The minimum Gasteiger partial charge on any atom is -0.487 e. The number of ether oxygens (including phenoxy) is 2. The van der Waals surface area contributed by atoms with E-state index in [0.717, 1.165) is 6.61 Å². The molecule has 0 spiro atoms. The maximum atomic E-state index is 8.54. The van der Waals surface area contributed by atoms with Crippen LogP contribution in [-0.4, -0.2) is 24.6 Å². The van der Waals surface area contributed by atoms with Crippen molar-refractivity contribution in [3.8, 4) is 11.5 Å².